The summed E-state index contributed by atoms with van der Waals surface area (Å²) >= 11 is 0. The van der Waals surface area contributed by atoms with Crippen molar-refractivity contribution in [2.75, 3.05) is 26.4 Å². The average molecular weight is 680 g/mol. The van der Waals surface area contributed by atoms with Gasteiger partial charge in [-0.2, -0.15) is 0 Å². The monoisotopic (exact) mass is 679 g/mol. The average Bonchev–Trinajstić information content (AvgIpc) is 3.03. The summed E-state index contributed by atoms with van der Waals surface area (Å²) in [5, 5.41) is 34.0. The number of carboxylic acid groups (broad SMARTS) is 2. The number of pyridine rings is 1. The molecule has 5 N–H and O–H groups in total. The summed E-state index contributed by atoms with van der Waals surface area (Å²) in [4.78, 5) is 77.8. The second-order valence-corrected chi connectivity index (χ2v) is 10.3. The maximum Gasteiger partial charge on any atom is 0.323 e. The Hall–Kier alpha value is -4.76. The Morgan fingerprint density at radius 3 is 2.23 bits per heavy atom. The summed E-state index contributed by atoms with van der Waals surface area (Å²) < 4.78 is 5.56. The highest BCUT2D eigenvalue weighted by atomic mass is 35.5. The van der Waals surface area contributed by atoms with Crippen LogP contribution in [0, 0.1) is 5.92 Å². The van der Waals surface area contributed by atoms with Gasteiger partial charge in [0, 0.05) is 11.1 Å². The highest BCUT2D eigenvalue weighted by molar-refractivity contribution is 5.99. The van der Waals surface area contributed by atoms with E-state index in [9.17, 15) is 44.2 Å². The van der Waals surface area contributed by atoms with E-state index in [1.54, 1.807) is 32.0 Å². The molecule has 16 heteroatoms. The van der Waals surface area contributed by atoms with E-state index in [1.165, 1.54) is 18.2 Å². The molecule has 47 heavy (non-hydrogen) atoms. The van der Waals surface area contributed by atoms with E-state index in [0.29, 0.717) is 28.4 Å². The Labute approximate surface area is 278 Å². The SMILES string of the molecule is CCCCC[C@@H](C(=O)NCNC(=O)c1cccc(-c2cc(OCC)cc(C(=O)N(CC(=O)O)CC(=O)O)c2)n1)[C@@H](CC)N(O)C=O.Cl. The van der Waals surface area contributed by atoms with Gasteiger partial charge < -0.3 is 30.5 Å². The molecule has 2 aromatic rings. The van der Waals surface area contributed by atoms with Gasteiger partial charge in [-0.1, -0.05) is 39.2 Å². The molecule has 258 valence electrons. The molecule has 0 saturated heterocycles. The Bertz CT molecular complexity index is 1380. The normalized spacial score (nSPS) is 11.7. The van der Waals surface area contributed by atoms with Crippen molar-refractivity contribution in [3.63, 3.8) is 0 Å². The zero-order valence-electron chi connectivity index (χ0n) is 26.5. The molecule has 1 aromatic heterocycles. The van der Waals surface area contributed by atoms with Crippen LogP contribution in [-0.4, -0.2) is 98.8 Å². The summed E-state index contributed by atoms with van der Waals surface area (Å²) in [5.74, 6) is -5.14. The van der Waals surface area contributed by atoms with Crippen LogP contribution >= 0.6 is 12.4 Å². The van der Waals surface area contributed by atoms with Gasteiger partial charge >= 0.3 is 11.9 Å². The number of halogens is 1. The number of carbonyl (C=O) groups excluding carboxylic acids is 4. The number of hydrogen-bond acceptors (Lipinski definition) is 9. The molecule has 0 radical (unpaired) electrons. The topological polar surface area (TPSA) is 216 Å². The number of rotatable bonds is 20. The molecule has 2 rings (SSSR count). The summed E-state index contributed by atoms with van der Waals surface area (Å²) in [7, 11) is 0. The minimum Gasteiger partial charge on any atom is -0.494 e. The fourth-order valence-corrected chi connectivity index (χ4v) is 4.83. The Morgan fingerprint density at radius 1 is 0.979 bits per heavy atom. The fraction of sp³-hybridized carbons (Fsp3) is 0.452. The standard InChI is InChI=1S/C31H41N5O10.ClH/c1-4-7-8-10-23(26(5-2)36(45)19-37)29(42)32-18-33-30(43)25-12-9-11-24(34-25)20-13-21(15-22(14-20)46-6-3)31(44)35(16-27(38)39)17-28(40)41;/h9,11-15,19,23,26,45H,4-8,10,16-18H2,1-3H3,(H,32,42)(H,33,43)(H,38,39)(H,40,41);1H/t23-,26-;/m1./s1. The van der Waals surface area contributed by atoms with Crippen molar-refractivity contribution in [1.29, 1.82) is 0 Å². The number of carboxylic acids is 2. The number of hydroxylamine groups is 2. The second-order valence-electron chi connectivity index (χ2n) is 10.3. The minimum absolute atomic E-state index is 0. The van der Waals surface area contributed by atoms with Crippen LogP contribution in [-0.2, 0) is 19.2 Å². The molecule has 0 aliphatic rings. The van der Waals surface area contributed by atoms with E-state index in [0.717, 1.165) is 19.3 Å². The minimum atomic E-state index is -1.39. The first-order valence-corrected chi connectivity index (χ1v) is 14.9. The predicted molar refractivity (Wildman–Crippen MR) is 171 cm³/mol. The number of hydrogen-bond donors (Lipinski definition) is 5. The third kappa shape index (κ3) is 12.5. The third-order valence-electron chi connectivity index (χ3n) is 6.98. The van der Waals surface area contributed by atoms with Crippen LogP contribution in [0.1, 0.15) is 73.7 Å². The number of carbonyl (C=O) groups is 6. The Morgan fingerprint density at radius 2 is 1.66 bits per heavy atom. The van der Waals surface area contributed by atoms with Crippen molar-refractivity contribution in [1.82, 2.24) is 25.6 Å². The lowest BCUT2D eigenvalue weighted by atomic mass is 9.90. The summed E-state index contributed by atoms with van der Waals surface area (Å²) in [5.41, 5.74) is 0.534. The summed E-state index contributed by atoms with van der Waals surface area (Å²) in [6.45, 7) is 3.80. The molecule has 15 nitrogen and oxygen atoms in total. The number of benzene rings is 1. The van der Waals surface area contributed by atoms with Crippen molar-refractivity contribution in [2.45, 2.75) is 58.9 Å². The van der Waals surface area contributed by atoms with Gasteiger partial charge in [-0.05, 0) is 50.1 Å². The lowest BCUT2D eigenvalue weighted by Crippen LogP contribution is -2.47. The highest BCUT2D eigenvalue weighted by Gasteiger charge is 2.30. The molecule has 0 spiro atoms. The number of aromatic nitrogens is 1. The van der Waals surface area contributed by atoms with Crippen molar-refractivity contribution in [3.8, 4) is 17.0 Å². The maximum absolute atomic E-state index is 13.1. The van der Waals surface area contributed by atoms with Gasteiger partial charge in [0.25, 0.3) is 11.8 Å². The first-order valence-electron chi connectivity index (χ1n) is 14.9. The van der Waals surface area contributed by atoms with E-state index in [1.807, 2.05) is 6.92 Å². The molecule has 0 fully saturated rings. The van der Waals surface area contributed by atoms with Gasteiger partial charge in [0.15, 0.2) is 0 Å². The van der Waals surface area contributed by atoms with E-state index in [2.05, 4.69) is 15.6 Å². The molecule has 1 aromatic carbocycles. The van der Waals surface area contributed by atoms with Crippen LogP contribution in [0.15, 0.2) is 36.4 Å². The molecule has 0 aliphatic carbocycles. The van der Waals surface area contributed by atoms with Gasteiger partial charge in [0.05, 0.1) is 30.9 Å². The molecule has 0 unspecified atom stereocenters. The summed E-state index contributed by atoms with van der Waals surface area (Å²) in [6.07, 6.45) is 3.56. The molecule has 0 aliphatic heterocycles. The molecular weight excluding hydrogens is 638 g/mol. The van der Waals surface area contributed by atoms with Crippen molar-refractivity contribution < 1.29 is 48.9 Å². The van der Waals surface area contributed by atoms with Crippen LogP contribution in [0.25, 0.3) is 11.3 Å². The Balaban J connectivity index is 0.0000110. The van der Waals surface area contributed by atoms with E-state index < -0.39 is 54.7 Å². The molecular formula is C31H42ClN5O10. The molecule has 1 heterocycles. The second kappa shape index (κ2) is 20.4. The van der Waals surface area contributed by atoms with Gasteiger partial charge in [-0.15, -0.1) is 12.4 Å². The summed E-state index contributed by atoms with van der Waals surface area (Å²) in [6, 6.07) is 8.14. The quantitative estimate of drug-likeness (QED) is 0.0451. The number of unbranched alkanes of at least 4 members (excludes halogenated alkanes) is 2. The van der Waals surface area contributed by atoms with Gasteiger partial charge in [-0.3, -0.25) is 34.0 Å². The largest absolute Gasteiger partial charge is 0.494 e. The van der Waals surface area contributed by atoms with E-state index in [4.69, 9.17) is 4.74 Å². The van der Waals surface area contributed by atoms with E-state index in [-0.39, 0.29) is 54.8 Å². The van der Waals surface area contributed by atoms with Crippen molar-refractivity contribution in [3.05, 3.63) is 47.7 Å². The first kappa shape index (κ1) is 40.3. The van der Waals surface area contributed by atoms with Crippen LogP contribution in [0.4, 0.5) is 0 Å². The predicted octanol–water partition coefficient (Wildman–Crippen LogP) is 2.81. The number of nitrogens with one attached hydrogen (secondary N) is 2. The van der Waals surface area contributed by atoms with Gasteiger partial charge in [0.2, 0.25) is 12.3 Å². The highest BCUT2D eigenvalue weighted by Crippen LogP contribution is 2.26. The molecule has 0 bridgehead atoms. The third-order valence-corrected chi connectivity index (χ3v) is 6.98. The van der Waals surface area contributed by atoms with Gasteiger partial charge in [-0.25, -0.2) is 10.0 Å². The van der Waals surface area contributed by atoms with Crippen LogP contribution < -0.4 is 15.4 Å². The zero-order valence-corrected chi connectivity index (χ0v) is 27.3. The van der Waals surface area contributed by atoms with Crippen LogP contribution in [0.2, 0.25) is 0 Å². The van der Waals surface area contributed by atoms with Gasteiger partial charge in [0.1, 0.15) is 24.5 Å². The maximum atomic E-state index is 13.1. The van der Waals surface area contributed by atoms with Crippen LogP contribution in [0.3, 0.4) is 0 Å². The van der Waals surface area contributed by atoms with Crippen molar-refractivity contribution >= 4 is 48.5 Å². The number of aliphatic carboxylic acids is 2. The Kier molecular flexibility index (Phi) is 17.5. The lowest BCUT2D eigenvalue weighted by molar-refractivity contribution is -0.168. The fourth-order valence-electron chi connectivity index (χ4n) is 4.83. The lowest BCUT2D eigenvalue weighted by Gasteiger charge is -2.29. The molecule has 4 amide bonds. The number of ether oxygens (including phenoxy) is 1. The smallest absolute Gasteiger partial charge is 0.323 e. The van der Waals surface area contributed by atoms with Crippen LogP contribution in [0.5, 0.6) is 5.75 Å². The van der Waals surface area contributed by atoms with E-state index >= 15 is 0 Å². The number of amides is 4. The van der Waals surface area contributed by atoms with Crippen molar-refractivity contribution in [2.24, 2.45) is 5.92 Å². The molecule has 2 atom stereocenters. The zero-order chi connectivity index (χ0) is 34.2. The number of nitrogens with zero attached hydrogens (tertiary/aromatic N) is 3. The molecule has 0 saturated carbocycles. The first-order chi connectivity index (χ1) is 21.9.